The van der Waals surface area contributed by atoms with Gasteiger partial charge in [0, 0.05) is 19.7 Å². The van der Waals surface area contributed by atoms with Crippen LogP contribution in [0.4, 0.5) is 0 Å². The number of carbonyl (C=O) groups is 1. The Labute approximate surface area is 210 Å². The Balaban J connectivity index is 1.48. The van der Waals surface area contributed by atoms with Gasteiger partial charge in [0.15, 0.2) is 0 Å². The van der Waals surface area contributed by atoms with Crippen LogP contribution in [-0.4, -0.2) is 45.6 Å². The zero-order valence-electron chi connectivity index (χ0n) is 19.2. The molecule has 184 valence electrons. The van der Waals surface area contributed by atoms with E-state index in [1.807, 2.05) is 0 Å². The molecule has 1 aliphatic heterocycles. The Kier molecular flexibility index (Phi) is 7.95. The first kappa shape index (κ1) is 25.0. The van der Waals surface area contributed by atoms with Crippen LogP contribution >= 0.6 is 11.6 Å². The van der Waals surface area contributed by atoms with Crippen LogP contribution in [-0.2, 0) is 21.4 Å². The maximum atomic E-state index is 13.3. The summed E-state index contributed by atoms with van der Waals surface area (Å²) in [6.07, 6.45) is 1.83. The molecule has 3 aromatic carbocycles. The third-order valence-corrected chi connectivity index (χ3v) is 7.28. The summed E-state index contributed by atoms with van der Waals surface area (Å²) in [5, 5.41) is 0.391. The van der Waals surface area contributed by atoms with Gasteiger partial charge in [0.25, 0.3) is 5.91 Å². The fourth-order valence-corrected chi connectivity index (χ4v) is 4.99. The fourth-order valence-electron chi connectivity index (χ4n) is 3.85. The molecule has 1 amide bonds. The number of rotatable bonds is 9. The number of benzene rings is 3. The maximum absolute atomic E-state index is 13.3. The average Bonchev–Trinajstić information content (AvgIpc) is 3.38. The predicted molar refractivity (Wildman–Crippen MR) is 132 cm³/mol. The van der Waals surface area contributed by atoms with E-state index in [1.54, 1.807) is 65.6 Å². The summed E-state index contributed by atoms with van der Waals surface area (Å²) in [4.78, 5) is 15.0. The molecule has 0 aliphatic carbocycles. The van der Waals surface area contributed by atoms with E-state index in [1.165, 1.54) is 19.2 Å². The van der Waals surface area contributed by atoms with Crippen molar-refractivity contribution in [1.82, 2.24) is 4.90 Å². The smallest absolute Gasteiger partial charge is 0.339 e. The van der Waals surface area contributed by atoms with Crippen LogP contribution in [0.15, 0.2) is 77.7 Å². The summed E-state index contributed by atoms with van der Waals surface area (Å²) in [5.74, 6) is 0.536. The maximum Gasteiger partial charge on any atom is 0.339 e. The van der Waals surface area contributed by atoms with Gasteiger partial charge < -0.3 is 18.6 Å². The molecule has 3 aromatic rings. The van der Waals surface area contributed by atoms with E-state index in [-0.39, 0.29) is 22.7 Å². The Hall–Kier alpha value is -3.07. The molecule has 0 N–H and O–H groups in total. The first-order chi connectivity index (χ1) is 16.9. The van der Waals surface area contributed by atoms with E-state index in [0.717, 1.165) is 18.4 Å². The highest BCUT2D eigenvalue weighted by atomic mass is 35.5. The molecule has 1 heterocycles. The minimum atomic E-state index is -4.00. The van der Waals surface area contributed by atoms with Gasteiger partial charge >= 0.3 is 10.1 Å². The number of amides is 1. The van der Waals surface area contributed by atoms with Crippen molar-refractivity contribution in [3.63, 3.8) is 0 Å². The largest absolute Gasteiger partial charge is 0.497 e. The Morgan fingerprint density at radius 2 is 1.71 bits per heavy atom. The van der Waals surface area contributed by atoms with Crippen molar-refractivity contribution in [3.8, 4) is 11.5 Å². The van der Waals surface area contributed by atoms with Gasteiger partial charge in [-0.1, -0.05) is 35.9 Å². The zero-order valence-corrected chi connectivity index (χ0v) is 20.8. The normalized spacial score (nSPS) is 15.5. The predicted octanol–water partition coefficient (Wildman–Crippen LogP) is 4.94. The van der Waals surface area contributed by atoms with E-state index in [9.17, 15) is 13.2 Å². The molecule has 7 nitrogen and oxygen atoms in total. The Morgan fingerprint density at radius 3 is 2.34 bits per heavy atom. The van der Waals surface area contributed by atoms with Gasteiger partial charge in [-0.3, -0.25) is 4.79 Å². The van der Waals surface area contributed by atoms with Crippen LogP contribution in [0.5, 0.6) is 11.5 Å². The summed E-state index contributed by atoms with van der Waals surface area (Å²) < 4.78 is 41.3. The third kappa shape index (κ3) is 6.33. The summed E-state index contributed by atoms with van der Waals surface area (Å²) in [6.45, 7) is 1.44. The molecule has 0 unspecified atom stereocenters. The van der Waals surface area contributed by atoms with E-state index in [2.05, 4.69) is 0 Å². The highest BCUT2D eigenvalue weighted by molar-refractivity contribution is 7.87. The van der Waals surface area contributed by atoms with Crippen LogP contribution in [0, 0.1) is 0 Å². The second kappa shape index (κ2) is 11.1. The van der Waals surface area contributed by atoms with Crippen molar-refractivity contribution >= 4 is 27.6 Å². The lowest BCUT2D eigenvalue weighted by Crippen LogP contribution is -2.37. The third-order valence-electron chi connectivity index (χ3n) is 5.69. The van der Waals surface area contributed by atoms with Crippen LogP contribution in [0.1, 0.15) is 28.8 Å². The van der Waals surface area contributed by atoms with Crippen molar-refractivity contribution < 1.29 is 26.9 Å². The molecule has 35 heavy (non-hydrogen) atoms. The minimum Gasteiger partial charge on any atom is -0.497 e. The van der Waals surface area contributed by atoms with Gasteiger partial charge in [0.1, 0.15) is 16.4 Å². The quantitative estimate of drug-likeness (QED) is 0.375. The number of carbonyl (C=O) groups excluding carboxylic acids is 1. The van der Waals surface area contributed by atoms with Crippen molar-refractivity contribution in [2.75, 3.05) is 20.3 Å². The van der Waals surface area contributed by atoms with Gasteiger partial charge in [0.2, 0.25) is 0 Å². The fraction of sp³-hybridized carbons (Fsp3) is 0.269. The molecule has 1 fully saturated rings. The van der Waals surface area contributed by atoms with Crippen LogP contribution in [0.2, 0.25) is 5.02 Å². The summed E-state index contributed by atoms with van der Waals surface area (Å²) in [5.41, 5.74) is 1.25. The van der Waals surface area contributed by atoms with Crippen molar-refractivity contribution in [1.29, 1.82) is 0 Å². The summed E-state index contributed by atoms with van der Waals surface area (Å²) in [6, 6.07) is 19.5. The minimum absolute atomic E-state index is 0.0236. The zero-order chi connectivity index (χ0) is 24.8. The highest BCUT2D eigenvalue weighted by Crippen LogP contribution is 2.24. The number of methoxy groups -OCH3 is 1. The number of ether oxygens (including phenoxy) is 2. The lowest BCUT2D eigenvalue weighted by molar-refractivity contribution is 0.0507. The number of nitrogens with zero attached hydrogens (tertiary/aromatic N) is 1. The van der Waals surface area contributed by atoms with Crippen molar-refractivity contribution in [3.05, 3.63) is 88.9 Å². The van der Waals surface area contributed by atoms with Gasteiger partial charge in [-0.15, -0.1) is 0 Å². The monoisotopic (exact) mass is 515 g/mol. The molecular weight excluding hydrogens is 490 g/mol. The molecule has 0 bridgehead atoms. The molecule has 1 saturated heterocycles. The lowest BCUT2D eigenvalue weighted by atomic mass is 10.1. The number of hydrogen-bond donors (Lipinski definition) is 0. The summed E-state index contributed by atoms with van der Waals surface area (Å²) >= 11 is 6.27. The van der Waals surface area contributed by atoms with Crippen LogP contribution in [0.25, 0.3) is 0 Å². The van der Waals surface area contributed by atoms with E-state index >= 15 is 0 Å². The standard InChI is InChI=1S/C26H26ClNO6S/c1-32-20-12-14-23(15-13-20)35(30,31)34-21-10-8-19(9-11-21)17-28(18-22-5-4-16-33-22)26(29)24-6-2-3-7-25(24)27/h2-3,6-15,22H,4-5,16-18H2,1H3/t22-/m1/s1. The first-order valence-corrected chi connectivity index (χ1v) is 13.0. The van der Waals surface area contributed by atoms with E-state index < -0.39 is 10.1 Å². The second-order valence-electron chi connectivity index (χ2n) is 8.16. The lowest BCUT2D eigenvalue weighted by Gasteiger charge is -2.26. The van der Waals surface area contributed by atoms with Crippen LogP contribution in [0.3, 0.4) is 0 Å². The van der Waals surface area contributed by atoms with Gasteiger partial charge in [-0.2, -0.15) is 8.42 Å². The molecule has 0 saturated carbocycles. The van der Waals surface area contributed by atoms with Crippen LogP contribution < -0.4 is 8.92 Å². The summed E-state index contributed by atoms with van der Waals surface area (Å²) in [7, 11) is -2.49. The van der Waals surface area contributed by atoms with Crippen molar-refractivity contribution in [2.24, 2.45) is 0 Å². The topological polar surface area (TPSA) is 82.1 Å². The van der Waals surface area contributed by atoms with Gasteiger partial charge in [0.05, 0.1) is 23.8 Å². The molecule has 4 rings (SSSR count). The van der Waals surface area contributed by atoms with Gasteiger partial charge in [-0.25, -0.2) is 0 Å². The molecule has 0 radical (unpaired) electrons. The molecular formula is C26H26ClNO6S. The second-order valence-corrected chi connectivity index (χ2v) is 10.1. The Morgan fingerprint density at radius 1 is 1.03 bits per heavy atom. The van der Waals surface area contributed by atoms with Crippen molar-refractivity contribution in [2.45, 2.75) is 30.4 Å². The molecule has 1 atom stereocenters. The van der Waals surface area contributed by atoms with E-state index in [0.29, 0.717) is 36.0 Å². The first-order valence-electron chi connectivity index (χ1n) is 11.2. The van der Waals surface area contributed by atoms with Gasteiger partial charge in [-0.05, 0) is 66.9 Å². The Bertz CT molecular complexity index is 1260. The SMILES string of the molecule is COc1ccc(S(=O)(=O)Oc2ccc(CN(C[C@H]3CCCO3)C(=O)c3ccccc3Cl)cc2)cc1. The molecule has 0 spiro atoms. The molecule has 0 aromatic heterocycles. The number of halogens is 1. The van der Waals surface area contributed by atoms with E-state index in [4.69, 9.17) is 25.3 Å². The average molecular weight is 516 g/mol. The molecule has 9 heteroatoms. The highest BCUT2D eigenvalue weighted by Gasteiger charge is 2.25. The number of hydrogen-bond acceptors (Lipinski definition) is 6. The molecule has 1 aliphatic rings.